The minimum Gasteiger partial charge on any atom is -0.305 e. The zero-order valence-corrected chi connectivity index (χ0v) is 8.73. The molecule has 0 radical (unpaired) electrons. The molecular weight excluding hydrogens is 250 g/mol. The summed E-state index contributed by atoms with van der Waals surface area (Å²) in [5, 5.41) is 0.0400. The van der Waals surface area contributed by atoms with Gasteiger partial charge in [0.15, 0.2) is 0 Å². The molecule has 0 N–H and O–H groups in total. The maximum absolute atomic E-state index is 13.1. The van der Waals surface area contributed by atoms with Crippen molar-refractivity contribution in [3.63, 3.8) is 0 Å². The first-order chi connectivity index (χ1) is 7.23. The molecular formula is C9H6ClF4NO. The van der Waals surface area contributed by atoms with E-state index in [9.17, 15) is 22.4 Å². The maximum atomic E-state index is 13.1. The molecule has 88 valence electrons. The van der Waals surface area contributed by atoms with Crippen LogP contribution in [-0.2, 0) is 4.79 Å². The Labute approximate surface area is 93.4 Å². The SMILES string of the molecule is CN(C(=O)C(F)(F)F)c1cc(Cl)ccc1F. The molecule has 1 aromatic carbocycles. The van der Waals surface area contributed by atoms with Crippen LogP contribution >= 0.6 is 11.6 Å². The number of carbonyl (C=O) groups is 1. The van der Waals surface area contributed by atoms with Crippen LogP contribution in [0.5, 0.6) is 0 Å². The molecule has 0 aliphatic carbocycles. The highest BCUT2D eigenvalue weighted by atomic mass is 35.5. The number of carbonyl (C=O) groups excluding carboxylic acids is 1. The number of nitrogens with zero attached hydrogens (tertiary/aromatic N) is 1. The van der Waals surface area contributed by atoms with E-state index < -0.39 is 23.6 Å². The molecule has 16 heavy (non-hydrogen) atoms. The van der Waals surface area contributed by atoms with Crippen molar-refractivity contribution in [2.75, 3.05) is 11.9 Å². The van der Waals surface area contributed by atoms with Gasteiger partial charge in [0.25, 0.3) is 0 Å². The third-order valence-electron chi connectivity index (χ3n) is 1.82. The summed E-state index contributed by atoms with van der Waals surface area (Å²) in [6.45, 7) is 0. The lowest BCUT2D eigenvalue weighted by atomic mass is 10.3. The summed E-state index contributed by atoms with van der Waals surface area (Å²) in [7, 11) is 0.824. The molecule has 7 heteroatoms. The fraction of sp³-hybridized carbons (Fsp3) is 0.222. The highest BCUT2D eigenvalue weighted by molar-refractivity contribution is 6.30. The standard InChI is InChI=1S/C9H6ClF4NO/c1-15(8(16)9(12,13)14)7-4-5(10)2-3-6(7)11/h2-4H,1H3. The summed E-state index contributed by atoms with van der Waals surface area (Å²) >= 11 is 5.49. The average Bonchev–Trinajstić information content (AvgIpc) is 2.18. The third-order valence-corrected chi connectivity index (χ3v) is 2.05. The number of benzene rings is 1. The van der Waals surface area contributed by atoms with E-state index >= 15 is 0 Å². The summed E-state index contributed by atoms with van der Waals surface area (Å²) < 4.78 is 49.4. The molecule has 0 saturated heterocycles. The van der Waals surface area contributed by atoms with Crippen LogP contribution in [-0.4, -0.2) is 19.1 Å². The van der Waals surface area contributed by atoms with Crippen LogP contribution in [0, 0.1) is 5.82 Å². The molecule has 1 rings (SSSR count). The Hall–Kier alpha value is -1.30. The van der Waals surface area contributed by atoms with Gasteiger partial charge in [-0.1, -0.05) is 11.6 Å². The molecule has 0 aromatic heterocycles. The molecule has 0 fully saturated rings. The molecule has 0 heterocycles. The van der Waals surface area contributed by atoms with E-state index in [2.05, 4.69) is 0 Å². The van der Waals surface area contributed by atoms with E-state index in [4.69, 9.17) is 11.6 Å². The molecule has 0 aliphatic heterocycles. The van der Waals surface area contributed by atoms with Crippen LogP contribution in [0.3, 0.4) is 0 Å². The van der Waals surface area contributed by atoms with Gasteiger partial charge in [-0.15, -0.1) is 0 Å². The van der Waals surface area contributed by atoms with Gasteiger partial charge in [-0.05, 0) is 18.2 Å². The van der Waals surface area contributed by atoms with Crippen molar-refractivity contribution in [2.24, 2.45) is 0 Å². The van der Waals surface area contributed by atoms with E-state index in [1.54, 1.807) is 0 Å². The third kappa shape index (κ3) is 2.63. The number of rotatable bonds is 1. The fourth-order valence-corrected chi connectivity index (χ4v) is 1.21. The van der Waals surface area contributed by atoms with E-state index in [1.165, 1.54) is 6.07 Å². The average molecular weight is 256 g/mol. The van der Waals surface area contributed by atoms with Crippen molar-refractivity contribution in [1.29, 1.82) is 0 Å². The maximum Gasteiger partial charge on any atom is 0.471 e. The Balaban J connectivity index is 3.10. The quantitative estimate of drug-likeness (QED) is 0.707. The second kappa shape index (κ2) is 4.29. The van der Waals surface area contributed by atoms with E-state index in [-0.39, 0.29) is 9.92 Å². The molecule has 1 aromatic rings. The first-order valence-corrected chi connectivity index (χ1v) is 4.41. The van der Waals surface area contributed by atoms with E-state index in [0.29, 0.717) is 0 Å². The van der Waals surface area contributed by atoms with Crippen LogP contribution in [0.25, 0.3) is 0 Å². The lowest BCUT2D eigenvalue weighted by molar-refractivity contribution is -0.170. The summed E-state index contributed by atoms with van der Waals surface area (Å²) in [6, 6.07) is 3.00. The Bertz CT molecular complexity index is 418. The number of amides is 1. The number of anilines is 1. The van der Waals surface area contributed by atoms with Crippen LogP contribution in [0.15, 0.2) is 18.2 Å². The highest BCUT2D eigenvalue weighted by Crippen LogP contribution is 2.26. The lowest BCUT2D eigenvalue weighted by Crippen LogP contribution is -2.38. The van der Waals surface area contributed by atoms with Gasteiger partial charge in [-0.2, -0.15) is 13.2 Å². The Morgan fingerprint density at radius 3 is 2.44 bits per heavy atom. The van der Waals surface area contributed by atoms with Crippen molar-refractivity contribution in [2.45, 2.75) is 6.18 Å². The van der Waals surface area contributed by atoms with Crippen molar-refractivity contribution in [1.82, 2.24) is 0 Å². The summed E-state index contributed by atoms with van der Waals surface area (Å²) in [4.78, 5) is 11.0. The first-order valence-electron chi connectivity index (χ1n) is 4.03. The van der Waals surface area contributed by atoms with Crippen LogP contribution in [0.4, 0.5) is 23.2 Å². The fourth-order valence-electron chi connectivity index (χ4n) is 1.04. The molecule has 0 atom stereocenters. The molecule has 0 aliphatic rings. The van der Waals surface area contributed by atoms with Gasteiger partial charge in [0.2, 0.25) is 0 Å². The molecule has 0 unspecified atom stereocenters. The van der Waals surface area contributed by atoms with Gasteiger partial charge in [0, 0.05) is 12.1 Å². The molecule has 0 saturated carbocycles. The van der Waals surface area contributed by atoms with Gasteiger partial charge in [-0.3, -0.25) is 4.79 Å². The predicted molar refractivity (Wildman–Crippen MR) is 50.9 cm³/mol. The summed E-state index contributed by atoms with van der Waals surface area (Å²) in [6.07, 6.45) is -5.05. The van der Waals surface area contributed by atoms with E-state index in [0.717, 1.165) is 19.2 Å². The van der Waals surface area contributed by atoms with Gasteiger partial charge >= 0.3 is 12.1 Å². The topological polar surface area (TPSA) is 20.3 Å². The number of hydrogen-bond donors (Lipinski definition) is 0. The monoisotopic (exact) mass is 255 g/mol. The minimum atomic E-state index is -5.05. The van der Waals surface area contributed by atoms with Crippen LogP contribution in [0.2, 0.25) is 5.02 Å². The molecule has 1 amide bonds. The number of alkyl halides is 3. The van der Waals surface area contributed by atoms with Crippen molar-refractivity contribution in [3.8, 4) is 0 Å². The second-order valence-electron chi connectivity index (χ2n) is 2.96. The van der Waals surface area contributed by atoms with Crippen molar-refractivity contribution < 1.29 is 22.4 Å². The Morgan fingerprint density at radius 2 is 1.94 bits per heavy atom. The summed E-state index contributed by atoms with van der Waals surface area (Å²) in [5.41, 5.74) is -0.519. The van der Waals surface area contributed by atoms with Crippen molar-refractivity contribution in [3.05, 3.63) is 29.0 Å². The van der Waals surface area contributed by atoms with Gasteiger partial charge in [0.05, 0.1) is 5.69 Å². The number of halogens is 5. The highest BCUT2D eigenvalue weighted by Gasteiger charge is 2.42. The normalized spacial score (nSPS) is 11.4. The van der Waals surface area contributed by atoms with Crippen LogP contribution < -0.4 is 4.90 Å². The zero-order chi connectivity index (χ0) is 12.5. The largest absolute Gasteiger partial charge is 0.471 e. The minimum absolute atomic E-state index is 0.0400. The van der Waals surface area contributed by atoms with Gasteiger partial charge < -0.3 is 4.90 Å². The number of hydrogen-bond acceptors (Lipinski definition) is 1. The molecule has 0 bridgehead atoms. The smallest absolute Gasteiger partial charge is 0.305 e. The second-order valence-corrected chi connectivity index (χ2v) is 3.39. The Morgan fingerprint density at radius 1 is 1.38 bits per heavy atom. The molecule has 2 nitrogen and oxygen atoms in total. The molecule has 0 spiro atoms. The van der Waals surface area contributed by atoms with Crippen LogP contribution in [0.1, 0.15) is 0 Å². The lowest BCUT2D eigenvalue weighted by Gasteiger charge is -2.19. The van der Waals surface area contributed by atoms with E-state index in [1.807, 2.05) is 0 Å². The zero-order valence-electron chi connectivity index (χ0n) is 7.98. The van der Waals surface area contributed by atoms with Gasteiger partial charge in [0.1, 0.15) is 5.82 Å². The summed E-state index contributed by atoms with van der Waals surface area (Å²) in [5.74, 6) is -3.11. The van der Waals surface area contributed by atoms with Gasteiger partial charge in [-0.25, -0.2) is 4.39 Å². The predicted octanol–water partition coefficient (Wildman–Crippen LogP) is 3.00. The van der Waals surface area contributed by atoms with Crippen molar-refractivity contribution >= 4 is 23.2 Å². The Kier molecular flexibility index (Phi) is 3.42. The first kappa shape index (κ1) is 12.8.